The molecule has 1 unspecified atom stereocenters. The van der Waals surface area contributed by atoms with Gasteiger partial charge in [-0.25, -0.2) is 15.0 Å². The number of likely N-dealkylation sites (tertiary alicyclic amines) is 2. The summed E-state index contributed by atoms with van der Waals surface area (Å²) < 4.78 is 7.77. The summed E-state index contributed by atoms with van der Waals surface area (Å²) in [5, 5.41) is 21.4. The van der Waals surface area contributed by atoms with Crippen LogP contribution in [-0.2, 0) is 4.74 Å². The second-order valence-corrected chi connectivity index (χ2v) is 8.39. The maximum atomic E-state index is 10.7. The van der Waals surface area contributed by atoms with Crippen LogP contribution in [0.4, 0.5) is 5.82 Å². The standard InChI is InChI=1S/C18H27N7O3/c1-23-6-4-18(8-23)3-2-5-24(18)7-11-13(26)14(27)17(28-11)25-10-22-12-15(19)20-9-21-16(12)25/h9-11,13-14,17,26-27H,2-8H2,1H3,(H2,19,20,21)/t11-,13-,14-,17-,18?/m1/s1. The van der Waals surface area contributed by atoms with Gasteiger partial charge in [0, 0.05) is 18.6 Å². The normalized spacial score (nSPS) is 37.0. The molecule has 28 heavy (non-hydrogen) atoms. The first-order chi connectivity index (χ1) is 13.5. The van der Waals surface area contributed by atoms with Gasteiger partial charge >= 0.3 is 0 Å². The summed E-state index contributed by atoms with van der Waals surface area (Å²) in [7, 11) is 2.16. The number of fused-ring (bicyclic) bond motifs is 1. The van der Waals surface area contributed by atoms with Crippen molar-refractivity contribution in [3.8, 4) is 0 Å². The molecule has 2 aromatic rings. The van der Waals surface area contributed by atoms with Crippen LogP contribution in [0.2, 0.25) is 0 Å². The van der Waals surface area contributed by atoms with Crippen LogP contribution in [-0.4, -0.2) is 96.6 Å². The molecular formula is C18H27N7O3. The van der Waals surface area contributed by atoms with E-state index in [1.807, 2.05) is 0 Å². The van der Waals surface area contributed by atoms with E-state index in [1.54, 1.807) is 4.57 Å². The summed E-state index contributed by atoms with van der Waals surface area (Å²) >= 11 is 0. The number of nitrogens with two attached hydrogens (primary N) is 1. The molecule has 0 amide bonds. The van der Waals surface area contributed by atoms with E-state index in [0.29, 0.717) is 17.7 Å². The number of aliphatic hydroxyl groups is 2. The zero-order valence-electron chi connectivity index (χ0n) is 16.0. The van der Waals surface area contributed by atoms with Crippen molar-refractivity contribution in [2.24, 2.45) is 0 Å². The SMILES string of the molecule is CN1CCC2(CCCN2C[C@H]2O[C@@H](n3cnc4c(N)ncnc43)[C@H](O)[C@@H]2O)C1. The van der Waals surface area contributed by atoms with E-state index in [4.69, 9.17) is 10.5 Å². The highest BCUT2D eigenvalue weighted by Crippen LogP contribution is 2.39. The van der Waals surface area contributed by atoms with Gasteiger partial charge in [0.15, 0.2) is 17.7 Å². The average molecular weight is 389 g/mol. The summed E-state index contributed by atoms with van der Waals surface area (Å²) in [4.78, 5) is 17.2. The summed E-state index contributed by atoms with van der Waals surface area (Å²) in [5.74, 6) is 0.276. The van der Waals surface area contributed by atoms with Crippen LogP contribution >= 0.6 is 0 Å². The summed E-state index contributed by atoms with van der Waals surface area (Å²) in [6.45, 7) is 3.74. The molecule has 0 aliphatic carbocycles. The Morgan fingerprint density at radius 2 is 2.07 bits per heavy atom. The Kier molecular flexibility index (Phi) is 4.29. The van der Waals surface area contributed by atoms with Crippen LogP contribution in [0.1, 0.15) is 25.5 Å². The number of aromatic nitrogens is 4. The summed E-state index contributed by atoms with van der Waals surface area (Å²) in [5.41, 5.74) is 6.97. The fourth-order valence-corrected chi connectivity index (χ4v) is 5.18. The van der Waals surface area contributed by atoms with E-state index in [9.17, 15) is 10.2 Å². The zero-order chi connectivity index (χ0) is 19.5. The number of hydrogen-bond acceptors (Lipinski definition) is 9. The molecule has 4 N–H and O–H groups in total. The second-order valence-electron chi connectivity index (χ2n) is 8.39. The Hall–Kier alpha value is -1.85. The van der Waals surface area contributed by atoms with Gasteiger partial charge in [0.1, 0.15) is 30.2 Å². The number of imidazole rings is 1. The monoisotopic (exact) mass is 389 g/mol. The number of aliphatic hydroxyl groups excluding tert-OH is 2. The van der Waals surface area contributed by atoms with Crippen LogP contribution in [0.25, 0.3) is 11.2 Å². The molecule has 3 aliphatic rings. The van der Waals surface area contributed by atoms with Crippen molar-refractivity contribution in [2.45, 2.75) is 49.3 Å². The Morgan fingerprint density at radius 1 is 1.21 bits per heavy atom. The molecule has 0 radical (unpaired) electrons. The molecule has 10 heteroatoms. The minimum atomic E-state index is -1.07. The number of nitrogen functional groups attached to an aromatic ring is 1. The van der Waals surface area contributed by atoms with Crippen LogP contribution in [0.15, 0.2) is 12.7 Å². The van der Waals surface area contributed by atoms with Crippen molar-refractivity contribution in [3.05, 3.63) is 12.7 Å². The second kappa shape index (κ2) is 6.60. The van der Waals surface area contributed by atoms with Gasteiger partial charge in [-0.3, -0.25) is 9.47 Å². The molecule has 5 heterocycles. The third-order valence-corrected chi connectivity index (χ3v) is 6.66. The van der Waals surface area contributed by atoms with Crippen LogP contribution < -0.4 is 5.73 Å². The van der Waals surface area contributed by atoms with E-state index < -0.39 is 24.5 Å². The molecule has 10 nitrogen and oxygen atoms in total. The predicted octanol–water partition coefficient (Wildman–Crippen LogP) is -0.802. The third kappa shape index (κ3) is 2.71. The maximum Gasteiger partial charge on any atom is 0.167 e. The topological polar surface area (TPSA) is 126 Å². The van der Waals surface area contributed by atoms with Crippen LogP contribution in [0, 0.1) is 0 Å². The van der Waals surface area contributed by atoms with E-state index in [-0.39, 0.29) is 11.4 Å². The van der Waals surface area contributed by atoms with Crippen molar-refractivity contribution >= 4 is 17.0 Å². The molecule has 5 rings (SSSR count). The van der Waals surface area contributed by atoms with Crippen molar-refractivity contribution in [1.82, 2.24) is 29.3 Å². The van der Waals surface area contributed by atoms with Gasteiger partial charge in [-0.1, -0.05) is 0 Å². The molecule has 3 saturated heterocycles. The predicted molar refractivity (Wildman–Crippen MR) is 101 cm³/mol. The largest absolute Gasteiger partial charge is 0.387 e. The minimum absolute atomic E-state index is 0.171. The molecule has 0 saturated carbocycles. The maximum absolute atomic E-state index is 10.7. The number of hydrogen-bond donors (Lipinski definition) is 3. The molecule has 152 valence electrons. The Balaban J connectivity index is 1.37. The van der Waals surface area contributed by atoms with Crippen LogP contribution in [0.5, 0.6) is 0 Å². The smallest absolute Gasteiger partial charge is 0.167 e. The third-order valence-electron chi connectivity index (χ3n) is 6.66. The lowest BCUT2D eigenvalue weighted by atomic mass is 9.94. The first-order valence-electron chi connectivity index (χ1n) is 9.87. The van der Waals surface area contributed by atoms with Gasteiger partial charge in [0.05, 0.1) is 6.33 Å². The number of likely N-dealkylation sites (N-methyl/N-ethyl adjacent to an activating group) is 1. The summed E-state index contributed by atoms with van der Waals surface area (Å²) in [6, 6.07) is 0. The van der Waals surface area contributed by atoms with Crippen LogP contribution in [0.3, 0.4) is 0 Å². The Bertz CT molecular complexity index is 876. The van der Waals surface area contributed by atoms with Crippen molar-refractivity contribution in [1.29, 1.82) is 0 Å². The fraction of sp³-hybridized carbons (Fsp3) is 0.722. The molecular weight excluding hydrogens is 362 g/mol. The Morgan fingerprint density at radius 3 is 2.86 bits per heavy atom. The minimum Gasteiger partial charge on any atom is -0.387 e. The van der Waals surface area contributed by atoms with E-state index in [0.717, 1.165) is 32.5 Å². The highest BCUT2D eigenvalue weighted by molar-refractivity contribution is 5.81. The van der Waals surface area contributed by atoms with E-state index in [2.05, 4.69) is 31.8 Å². The Labute approximate surface area is 162 Å². The average Bonchev–Trinajstić information content (AvgIpc) is 3.42. The van der Waals surface area contributed by atoms with Crippen molar-refractivity contribution in [2.75, 3.05) is 39.0 Å². The van der Waals surface area contributed by atoms with Gasteiger partial charge in [-0.05, 0) is 39.4 Å². The quantitative estimate of drug-likeness (QED) is 0.618. The highest BCUT2D eigenvalue weighted by Gasteiger charge is 2.50. The molecule has 1 spiro atoms. The lowest BCUT2D eigenvalue weighted by Crippen LogP contribution is -2.50. The van der Waals surface area contributed by atoms with Gasteiger partial charge in [-0.15, -0.1) is 0 Å². The first-order valence-corrected chi connectivity index (χ1v) is 9.87. The molecule has 5 atom stereocenters. The number of rotatable bonds is 3. The molecule has 0 aromatic carbocycles. The zero-order valence-corrected chi connectivity index (χ0v) is 16.0. The van der Waals surface area contributed by atoms with Gasteiger partial charge < -0.3 is 25.6 Å². The van der Waals surface area contributed by atoms with Gasteiger partial charge in [-0.2, -0.15) is 0 Å². The molecule has 0 bridgehead atoms. The highest BCUT2D eigenvalue weighted by atomic mass is 16.6. The van der Waals surface area contributed by atoms with Gasteiger partial charge in [0.25, 0.3) is 0 Å². The lowest BCUT2D eigenvalue weighted by molar-refractivity contribution is -0.0510. The first kappa shape index (κ1) is 18.2. The number of ether oxygens (including phenoxy) is 1. The van der Waals surface area contributed by atoms with E-state index in [1.165, 1.54) is 19.1 Å². The van der Waals surface area contributed by atoms with Gasteiger partial charge in [0.2, 0.25) is 0 Å². The lowest BCUT2D eigenvalue weighted by Gasteiger charge is -2.37. The van der Waals surface area contributed by atoms with Crippen molar-refractivity contribution < 1.29 is 14.9 Å². The molecule has 2 aromatic heterocycles. The molecule has 3 fully saturated rings. The summed E-state index contributed by atoms with van der Waals surface area (Å²) in [6.07, 6.45) is 3.08. The fourth-order valence-electron chi connectivity index (χ4n) is 5.18. The number of nitrogens with zero attached hydrogens (tertiary/aromatic N) is 6. The number of anilines is 1. The van der Waals surface area contributed by atoms with E-state index >= 15 is 0 Å². The van der Waals surface area contributed by atoms with Crippen molar-refractivity contribution in [3.63, 3.8) is 0 Å². The molecule has 3 aliphatic heterocycles.